The number of hydrogen-bond donors (Lipinski definition) is 1. The second kappa shape index (κ2) is 11.9. The monoisotopic (exact) mass is 598 g/mol. The number of benzene rings is 4. The van der Waals surface area contributed by atoms with Crippen molar-refractivity contribution in [3.05, 3.63) is 95.8 Å². The van der Waals surface area contributed by atoms with Gasteiger partial charge in [-0.3, -0.25) is 9.10 Å². The Morgan fingerprint density at radius 1 is 0.927 bits per heavy atom. The molecule has 9 nitrogen and oxygen atoms in total. The minimum absolute atomic E-state index is 0.0494. The van der Waals surface area contributed by atoms with Crippen molar-refractivity contribution in [2.75, 3.05) is 36.5 Å². The summed E-state index contributed by atoms with van der Waals surface area (Å²) in [6, 6.07) is 20.6. The summed E-state index contributed by atoms with van der Waals surface area (Å²) >= 11 is 6.19. The molecule has 0 saturated heterocycles. The quantitative estimate of drug-likeness (QED) is 0.256. The van der Waals surface area contributed by atoms with Gasteiger partial charge >= 0.3 is 0 Å². The number of nitrogens with one attached hydrogen (secondary N) is 1. The van der Waals surface area contributed by atoms with E-state index in [1.165, 1.54) is 49.6 Å². The van der Waals surface area contributed by atoms with Crippen molar-refractivity contribution in [3.8, 4) is 28.7 Å². The van der Waals surface area contributed by atoms with Gasteiger partial charge in [-0.1, -0.05) is 29.8 Å². The number of sulfonamides is 1. The summed E-state index contributed by atoms with van der Waals surface area (Å²) in [6.45, 7) is -0.104. The maximum Gasteiger partial charge on any atom is 0.264 e. The lowest BCUT2D eigenvalue weighted by Gasteiger charge is -2.25. The fourth-order valence-electron chi connectivity index (χ4n) is 4.09. The van der Waals surface area contributed by atoms with Crippen LogP contribution in [-0.4, -0.2) is 41.2 Å². The van der Waals surface area contributed by atoms with Gasteiger partial charge in [0.1, 0.15) is 25.6 Å². The van der Waals surface area contributed by atoms with Crippen molar-refractivity contribution in [3.63, 3.8) is 0 Å². The summed E-state index contributed by atoms with van der Waals surface area (Å²) < 4.78 is 65.0. The lowest BCUT2D eigenvalue weighted by molar-refractivity contribution is -0.114. The molecule has 0 atom stereocenters. The predicted molar refractivity (Wildman–Crippen MR) is 152 cm³/mol. The Hall–Kier alpha value is -4.48. The highest BCUT2D eigenvalue weighted by Crippen LogP contribution is 2.37. The highest BCUT2D eigenvalue weighted by atomic mass is 35.5. The van der Waals surface area contributed by atoms with Crippen LogP contribution in [0.5, 0.6) is 28.7 Å². The minimum atomic E-state index is -4.37. The van der Waals surface area contributed by atoms with E-state index in [9.17, 15) is 17.6 Å². The van der Waals surface area contributed by atoms with Crippen LogP contribution < -0.4 is 28.6 Å². The zero-order chi connectivity index (χ0) is 29.0. The van der Waals surface area contributed by atoms with Crippen molar-refractivity contribution in [1.82, 2.24) is 0 Å². The number of rotatable bonds is 9. The smallest absolute Gasteiger partial charge is 0.264 e. The normalized spacial score (nSPS) is 12.4. The first-order chi connectivity index (χ1) is 19.7. The Kier molecular flexibility index (Phi) is 8.18. The van der Waals surface area contributed by atoms with Crippen molar-refractivity contribution in [2.24, 2.45) is 0 Å². The van der Waals surface area contributed by atoms with Crippen LogP contribution in [0.2, 0.25) is 5.02 Å². The molecule has 0 aliphatic carbocycles. The summed E-state index contributed by atoms with van der Waals surface area (Å²) in [5.74, 6) is 0.319. The van der Waals surface area contributed by atoms with Gasteiger partial charge in [0.2, 0.25) is 5.91 Å². The molecule has 0 radical (unpaired) electrons. The van der Waals surface area contributed by atoms with Gasteiger partial charge in [0.05, 0.1) is 23.4 Å². The standard InChI is InChI=1S/C29H24ClFN2O7S/c1-37-25-7-2-3-8-27(25)40-24-11-9-19(30)15-23(24)32-29(34)18-33(21-6-4-5-20(31)16-21)41(35,36)22-10-12-26-28(17-22)39-14-13-38-26/h2-12,15-17H,13-14,18H2,1H3,(H,32,34). The molecule has 1 heterocycles. The molecule has 1 amide bonds. The summed E-state index contributed by atoms with van der Waals surface area (Å²) in [4.78, 5) is 13.2. The van der Waals surface area contributed by atoms with Gasteiger partial charge in [-0.05, 0) is 60.7 Å². The highest BCUT2D eigenvalue weighted by Gasteiger charge is 2.29. The number of methoxy groups -OCH3 is 1. The van der Waals surface area contributed by atoms with Gasteiger partial charge in [0.25, 0.3) is 10.0 Å². The largest absolute Gasteiger partial charge is 0.493 e. The molecular weight excluding hydrogens is 575 g/mol. The molecule has 0 spiro atoms. The van der Waals surface area contributed by atoms with Gasteiger partial charge in [0.15, 0.2) is 28.7 Å². The number of ether oxygens (including phenoxy) is 4. The SMILES string of the molecule is COc1ccccc1Oc1ccc(Cl)cc1NC(=O)CN(c1cccc(F)c1)S(=O)(=O)c1ccc2c(c1)OCCO2. The number of para-hydroxylation sites is 2. The summed E-state index contributed by atoms with van der Waals surface area (Å²) in [5, 5.41) is 2.97. The minimum Gasteiger partial charge on any atom is -0.493 e. The first kappa shape index (κ1) is 28.1. The lowest BCUT2D eigenvalue weighted by atomic mass is 10.2. The molecule has 4 aromatic carbocycles. The van der Waals surface area contributed by atoms with Crippen LogP contribution in [0, 0.1) is 5.82 Å². The predicted octanol–water partition coefficient (Wildman–Crippen LogP) is 5.89. The van der Waals surface area contributed by atoms with Crippen LogP contribution in [0.1, 0.15) is 0 Å². The average molecular weight is 599 g/mol. The van der Waals surface area contributed by atoms with Crippen LogP contribution in [0.15, 0.2) is 89.8 Å². The number of fused-ring (bicyclic) bond motifs is 1. The van der Waals surface area contributed by atoms with Crippen LogP contribution in [0.3, 0.4) is 0 Å². The first-order valence-electron chi connectivity index (χ1n) is 12.3. The zero-order valence-corrected chi connectivity index (χ0v) is 23.2. The molecule has 1 aliphatic rings. The Labute approximate surface area is 241 Å². The fraction of sp³-hybridized carbons (Fsp3) is 0.138. The van der Waals surface area contributed by atoms with E-state index < -0.39 is 28.3 Å². The summed E-state index contributed by atoms with van der Waals surface area (Å²) in [7, 11) is -2.88. The van der Waals surface area contributed by atoms with E-state index in [4.69, 9.17) is 30.5 Å². The molecule has 0 saturated carbocycles. The fourth-order valence-corrected chi connectivity index (χ4v) is 5.69. The summed E-state index contributed by atoms with van der Waals surface area (Å²) in [6.07, 6.45) is 0. The van der Waals surface area contributed by atoms with Gasteiger partial charge in [-0.25, -0.2) is 12.8 Å². The Balaban J connectivity index is 1.46. The van der Waals surface area contributed by atoms with E-state index in [-0.39, 0.29) is 34.4 Å². The number of carbonyl (C=O) groups excluding carboxylic acids is 1. The number of amides is 1. The van der Waals surface area contributed by atoms with Crippen LogP contribution in [-0.2, 0) is 14.8 Å². The topological polar surface area (TPSA) is 103 Å². The Morgan fingerprint density at radius 3 is 2.44 bits per heavy atom. The number of hydrogen-bond acceptors (Lipinski definition) is 7. The van der Waals surface area contributed by atoms with Crippen LogP contribution in [0.4, 0.5) is 15.8 Å². The second-order valence-electron chi connectivity index (χ2n) is 8.74. The Bertz CT molecular complexity index is 1700. The summed E-state index contributed by atoms with van der Waals surface area (Å²) in [5.41, 5.74) is 0.135. The molecule has 0 fully saturated rings. The van der Waals surface area contributed by atoms with E-state index in [1.807, 2.05) is 0 Å². The number of carbonyl (C=O) groups is 1. The molecule has 0 bridgehead atoms. The zero-order valence-electron chi connectivity index (χ0n) is 21.7. The first-order valence-corrected chi connectivity index (χ1v) is 14.1. The molecule has 1 aliphatic heterocycles. The van der Waals surface area contributed by atoms with E-state index in [2.05, 4.69) is 5.32 Å². The number of anilines is 2. The number of halogens is 2. The third-order valence-corrected chi connectivity index (χ3v) is 7.99. The molecule has 0 unspecified atom stereocenters. The maximum absolute atomic E-state index is 14.2. The molecule has 5 rings (SSSR count). The average Bonchev–Trinajstić information content (AvgIpc) is 2.97. The molecule has 12 heteroatoms. The molecular formula is C29H24ClFN2O7S. The van der Waals surface area contributed by atoms with E-state index in [0.717, 1.165) is 10.4 Å². The molecule has 41 heavy (non-hydrogen) atoms. The van der Waals surface area contributed by atoms with Crippen molar-refractivity contribution < 1.29 is 36.6 Å². The number of nitrogens with zero attached hydrogens (tertiary/aromatic N) is 1. The van der Waals surface area contributed by atoms with Gasteiger partial charge < -0.3 is 24.3 Å². The Morgan fingerprint density at radius 2 is 1.68 bits per heavy atom. The third-order valence-electron chi connectivity index (χ3n) is 5.99. The van der Waals surface area contributed by atoms with E-state index >= 15 is 0 Å². The van der Waals surface area contributed by atoms with Gasteiger partial charge in [-0.15, -0.1) is 0 Å². The van der Waals surface area contributed by atoms with Gasteiger partial charge in [0, 0.05) is 11.1 Å². The lowest BCUT2D eigenvalue weighted by Crippen LogP contribution is -2.38. The highest BCUT2D eigenvalue weighted by molar-refractivity contribution is 7.92. The van der Waals surface area contributed by atoms with E-state index in [1.54, 1.807) is 36.4 Å². The van der Waals surface area contributed by atoms with E-state index in [0.29, 0.717) is 28.9 Å². The van der Waals surface area contributed by atoms with Gasteiger partial charge in [-0.2, -0.15) is 0 Å². The van der Waals surface area contributed by atoms with Crippen molar-refractivity contribution >= 4 is 38.9 Å². The van der Waals surface area contributed by atoms with Crippen LogP contribution >= 0.6 is 11.6 Å². The van der Waals surface area contributed by atoms with Crippen molar-refractivity contribution in [1.29, 1.82) is 0 Å². The maximum atomic E-state index is 14.2. The molecule has 1 N–H and O–H groups in total. The van der Waals surface area contributed by atoms with Crippen LogP contribution in [0.25, 0.3) is 0 Å². The second-order valence-corrected chi connectivity index (χ2v) is 11.0. The molecule has 0 aromatic heterocycles. The van der Waals surface area contributed by atoms with Crippen molar-refractivity contribution in [2.45, 2.75) is 4.90 Å². The third kappa shape index (κ3) is 6.31. The molecule has 4 aromatic rings. The molecule has 212 valence electrons.